The molecule has 2 rings (SSSR count). The summed E-state index contributed by atoms with van der Waals surface area (Å²) >= 11 is 0. The van der Waals surface area contributed by atoms with Crippen molar-refractivity contribution in [3.05, 3.63) is 23.6 Å². The molecule has 2 aliphatic rings. The molecule has 58 valence electrons. The number of ether oxygens (including phenoxy) is 1. The van der Waals surface area contributed by atoms with Gasteiger partial charge in [-0.25, -0.2) is 5.53 Å². The maximum absolute atomic E-state index is 6.69. The van der Waals surface area contributed by atoms with Crippen LogP contribution in [0.3, 0.4) is 0 Å². The van der Waals surface area contributed by atoms with Crippen molar-refractivity contribution < 1.29 is 4.74 Å². The summed E-state index contributed by atoms with van der Waals surface area (Å²) < 4.78 is 5.18. The highest BCUT2D eigenvalue weighted by atomic mass is 16.5. The minimum absolute atomic E-state index is 0.425. The lowest BCUT2D eigenvalue weighted by molar-refractivity contribution is 0.223. The number of hydrogen-bond acceptors (Lipinski definition) is 3. The summed E-state index contributed by atoms with van der Waals surface area (Å²) in [6.07, 6.45) is 6.41. The molecule has 0 atom stereocenters. The molecule has 1 N–H and O–H groups in total. The first-order valence-electron chi connectivity index (χ1n) is 3.81. The van der Waals surface area contributed by atoms with Crippen LogP contribution in [0.25, 0.3) is 0 Å². The first-order chi connectivity index (χ1) is 5.40. The normalized spacial score (nSPS) is 23.3. The largest absolute Gasteiger partial charge is 0.472 e. The fourth-order valence-corrected chi connectivity index (χ4v) is 1.21. The van der Waals surface area contributed by atoms with Crippen molar-refractivity contribution in [1.29, 1.82) is 5.53 Å². The molecule has 1 fully saturated rings. The second kappa shape index (κ2) is 2.49. The predicted octanol–water partition coefficient (Wildman–Crippen LogP) is 2.23. The lowest BCUT2D eigenvalue weighted by Gasteiger charge is -2.11. The second-order valence-corrected chi connectivity index (χ2v) is 2.92. The zero-order chi connectivity index (χ0) is 7.68. The van der Waals surface area contributed by atoms with Crippen LogP contribution in [0.5, 0.6) is 0 Å². The summed E-state index contributed by atoms with van der Waals surface area (Å²) in [6, 6.07) is 0. The second-order valence-electron chi connectivity index (χ2n) is 2.92. The molecule has 0 spiro atoms. The first-order valence-corrected chi connectivity index (χ1v) is 3.81. The van der Waals surface area contributed by atoms with Gasteiger partial charge in [-0.05, 0) is 24.3 Å². The number of hydrogen-bond donors (Lipinski definition) is 1. The summed E-state index contributed by atoms with van der Waals surface area (Å²) in [4.78, 5) is 0. The molecule has 3 nitrogen and oxygen atoms in total. The van der Waals surface area contributed by atoms with Gasteiger partial charge in [0.15, 0.2) is 0 Å². The zero-order valence-electron chi connectivity index (χ0n) is 6.21. The quantitative estimate of drug-likeness (QED) is 0.603. The molecule has 1 saturated carbocycles. The molecule has 3 heteroatoms. The van der Waals surface area contributed by atoms with Crippen LogP contribution in [0.2, 0.25) is 0 Å². The molecule has 0 bridgehead atoms. The Balaban J connectivity index is 2.08. The number of nitrogens with zero attached hydrogens (tertiary/aromatic N) is 1. The Labute approximate surface area is 65.3 Å². The molecule has 0 unspecified atom stereocenters. The van der Waals surface area contributed by atoms with Gasteiger partial charge >= 0.3 is 0 Å². The Bertz CT molecular complexity index is 238. The third-order valence-corrected chi connectivity index (χ3v) is 2.04. The van der Waals surface area contributed by atoms with Gasteiger partial charge in [-0.1, -0.05) is 6.08 Å². The van der Waals surface area contributed by atoms with Gasteiger partial charge in [-0.15, -0.1) is 5.11 Å². The Morgan fingerprint density at radius 1 is 1.45 bits per heavy atom. The van der Waals surface area contributed by atoms with E-state index in [1.807, 2.05) is 6.08 Å². The lowest BCUT2D eigenvalue weighted by Crippen LogP contribution is -2.02. The monoisotopic (exact) mass is 150 g/mol. The van der Waals surface area contributed by atoms with E-state index in [0.29, 0.717) is 12.5 Å². The standard InChI is InChI=1S/C8H10N2O/c9-10-8-4-3-7(5-11-8)6-1-2-6/h3-4,6,9H,1-2,5H2. The van der Waals surface area contributed by atoms with Crippen molar-refractivity contribution in [3.8, 4) is 0 Å². The van der Waals surface area contributed by atoms with Crippen LogP contribution < -0.4 is 0 Å². The summed E-state index contributed by atoms with van der Waals surface area (Å²) in [5.74, 6) is 1.19. The molecular formula is C8H10N2O. The maximum atomic E-state index is 6.69. The van der Waals surface area contributed by atoms with Crippen LogP contribution in [0.4, 0.5) is 0 Å². The highest BCUT2D eigenvalue weighted by Gasteiger charge is 2.26. The Morgan fingerprint density at radius 2 is 2.27 bits per heavy atom. The van der Waals surface area contributed by atoms with Crippen molar-refractivity contribution in [2.24, 2.45) is 11.0 Å². The van der Waals surface area contributed by atoms with E-state index in [-0.39, 0.29) is 0 Å². The molecule has 0 aromatic heterocycles. The smallest absolute Gasteiger partial charge is 0.232 e. The van der Waals surface area contributed by atoms with Gasteiger partial charge in [0.1, 0.15) is 6.61 Å². The van der Waals surface area contributed by atoms with Crippen LogP contribution in [0.1, 0.15) is 12.8 Å². The average Bonchev–Trinajstić information content (AvgIpc) is 2.87. The minimum Gasteiger partial charge on any atom is -0.472 e. The van der Waals surface area contributed by atoms with E-state index in [9.17, 15) is 0 Å². The molecule has 0 amide bonds. The van der Waals surface area contributed by atoms with E-state index >= 15 is 0 Å². The fourth-order valence-electron chi connectivity index (χ4n) is 1.21. The van der Waals surface area contributed by atoms with Gasteiger partial charge in [0.25, 0.3) is 0 Å². The van der Waals surface area contributed by atoms with E-state index < -0.39 is 0 Å². The lowest BCUT2D eigenvalue weighted by atomic mass is 10.1. The summed E-state index contributed by atoms with van der Waals surface area (Å²) in [6.45, 7) is 0.638. The van der Waals surface area contributed by atoms with Crippen molar-refractivity contribution in [3.63, 3.8) is 0 Å². The van der Waals surface area contributed by atoms with Crippen LogP contribution in [-0.4, -0.2) is 6.61 Å². The molecule has 1 aliphatic carbocycles. The van der Waals surface area contributed by atoms with Crippen molar-refractivity contribution in [1.82, 2.24) is 0 Å². The number of rotatable bonds is 2. The van der Waals surface area contributed by atoms with Crippen LogP contribution >= 0.6 is 0 Å². The van der Waals surface area contributed by atoms with E-state index in [1.165, 1.54) is 18.4 Å². The molecule has 1 aliphatic heterocycles. The first kappa shape index (κ1) is 6.58. The predicted molar refractivity (Wildman–Crippen MR) is 40.0 cm³/mol. The van der Waals surface area contributed by atoms with E-state index in [2.05, 4.69) is 5.11 Å². The highest BCUT2D eigenvalue weighted by molar-refractivity contribution is 5.23. The van der Waals surface area contributed by atoms with Crippen LogP contribution in [-0.2, 0) is 4.74 Å². The Hall–Kier alpha value is -1.12. The maximum Gasteiger partial charge on any atom is 0.232 e. The van der Waals surface area contributed by atoms with Gasteiger partial charge in [-0.2, -0.15) is 0 Å². The molecule has 0 radical (unpaired) electrons. The van der Waals surface area contributed by atoms with Gasteiger partial charge in [-0.3, -0.25) is 0 Å². The van der Waals surface area contributed by atoms with Gasteiger partial charge < -0.3 is 4.74 Å². The van der Waals surface area contributed by atoms with Crippen molar-refractivity contribution >= 4 is 0 Å². The third kappa shape index (κ3) is 1.31. The van der Waals surface area contributed by atoms with Gasteiger partial charge in [0, 0.05) is 6.08 Å². The minimum atomic E-state index is 0.425. The molecule has 11 heavy (non-hydrogen) atoms. The van der Waals surface area contributed by atoms with Crippen LogP contribution in [0.15, 0.2) is 28.7 Å². The SMILES string of the molecule is N=NC1=CC=C(C2CC2)CO1. The van der Waals surface area contributed by atoms with Crippen LogP contribution in [0, 0.1) is 11.4 Å². The summed E-state index contributed by atoms with van der Waals surface area (Å²) in [5.41, 5.74) is 8.05. The van der Waals surface area contributed by atoms with Gasteiger partial charge in [0.2, 0.25) is 5.88 Å². The van der Waals surface area contributed by atoms with Crippen molar-refractivity contribution in [2.45, 2.75) is 12.8 Å². The summed E-state index contributed by atoms with van der Waals surface area (Å²) in [7, 11) is 0. The van der Waals surface area contributed by atoms with Crippen molar-refractivity contribution in [2.75, 3.05) is 6.61 Å². The topological polar surface area (TPSA) is 45.4 Å². The Kier molecular flexibility index (Phi) is 1.49. The molecule has 1 heterocycles. The third-order valence-electron chi connectivity index (χ3n) is 2.04. The van der Waals surface area contributed by atoms with E-state index in [0.717, 1.165) is 5.92 Å². The average molecular weight is 150 g/mol. The van der Waals surface area contributed by atoms with Gasteiger partial charge in [0.05, 0.1) is 0 Å². The molecule has 0 aromatic rings. The number of allylic oxidation sites excluding steroid dienone is 2. The summed E-state index contributed by atoms with van der Waals surface area (Å²) in [5, 5.41) is 3.21. The fraction of sp³-hybridized carbons (Fsp3) is 0.500. The molecular weight excluding hydrogens is 140 g/mol. The number of nitrogens with one attached hydrogen (secondary N) is 1. The molecule has 0 aromatic carbocycles. The van der Waals surface area contributed by atoms with E-state index in [4.69, 9.17) is 10.3 Å². The van der Waals surface area contributed by atoms with E-state index in [1.54, 1.807) is 6.08 Å². The Morgan fingerprint density at radius 3 is 2.73 bits per heavy atom. The highest BCUT2D eigenvalue weighted by Crippen LogP contribution is 2.37. The molecule has 0 saturated heterocycles. The zero-order valence-corrected chi connectivity index (χ0v) is 6.21.